The third kappa shape index (κ3) is 4.26. The maximum atomic E-state index is 9.45. The fourth-order valence-electron chi connectivity index (χ4n) is 2.63. The molecule has 0 saturated heterocycles. The molecule has 2 heterocycles. The SMILES string of the molecule is Cc1ccc(C=C(C#N)c2nc(-c3ccc(CC(C)C)cc3)cs2)o1. The van der Waals surface area contributed by atoms with Crippen molar-refractivity contribution in [3.8, 4) is 17.3 Å². The van der Waals surface area contributed by atoms with Crippen molar-refractivity contribution in [1.82, 2.24) is 4.98 Å². The third-order valence-electron chi connectivity index (χ3n) is 3.80. The highest BCUT2D eigenvalue weighted by Gasteiger charge is 2.10. The predicted octanol–water partition coefficient (Wildman–Crippen LogP) is 5.97. The second-order valence-electron chi connectivity index (χ2n) is 6.45. The van der Waals surface area contributed by atoms with Crippen LogP contribution >= 0.6 is 11.3 Å². The zero-order chi connectivity index (χ0) is 17.8. The van der Waals surface area contributed by atoms with E-state index in [2.05, 4.69) is 49.2 Å². The lowest BCUT2D eigenvalue weighted by Gasteiger charge is -2.05. The molecule has 0 aliphatic rings. The maximum Gasteiger partial charge on any atom is 0.134 e. The van der Waals surface area contributed by atoms with Crippen molar-refractivity contribution in [1.29, 1.82) is 5.26 Å². The molecule has 0 aliphatic heterocycles. The molecule has 4 heteroatoms. The first-order valence-corrected chi connectivity index (χ1v) is 9.16. The molecule has 0 atom stereocenters. The Morgan fingerprint density at radius 3 is 2.60 bits per heavy atom. The highest BCUT2D eigenvalue weighted by atomic mass is 32.1. The standard InChI is InChI=1S/C21H20N2OS/c1-14(2)10-16-5-7-17(8-6-16)20-13-25-21(23-20)18(12-22)11-19-9-4-15(3)24-19/h4-9,11,13-14H,10H2,1-3H3. The summed E-state index contributed by atoms with van der Waals surface area (Å²) in [5.41, 5.74) is 3.82. The van der Waals surface area contributed by atoms with Crippen LogP contribution in [0.2, 0.25) is 0 Å². The van der Waals surface area contributed by atoms with Crippen molar-refractivity contribution in [2.45, 2.75) is 27.2 Å². The summed E-state index contributed by atoms with van der Waals surface area (Å²) in [6, 6.07) is 14.5. The van der Waals surface area contributed by atoms with Crippen LogP contribution in [0.3, 0.4) is 0 Å². The maximum absolute atomic E-state index is 9.45. The van der Waals surface area contributed by atoms with Gasteiger partial charge in [0, 0.05) is 17.0 Å². The molecule has 3 nitrogen and oxygen atoms in total. The number of rotatable bonds is 5. The molecule has 0 spiro atoms. The zero-order valence-electron chi connectivity index (χ0n) is 14.6. The quantitative estimate of drug-likeness (QED) is 0.533. The molecule has 0 aliphatic carbocycles. The van der Waals surface area contributed by atoms with E-state index in [1.807, 2.05) is 24.4 Å². The average molecular weight is 348 g/mol. The van der Waals surface area contributed by atoms with Crippen molar-refractivity contribution in [2.24, 2.45) is 5.92 Å². The lowest BCUT2D eigenvalue weighted by Crippen LogP contribution is -1.93. The van der Waals surface area contributed by atoms with E-state index in [0.29, 0.717) is 22.3 Å². The number of allylic oxidation sites excluding steroid dienone is 1. The van der Waals surface area contributed by atoms with Gasteiger partial charge in [-0.15, -0.1) is 11.3 Å². The average Bonchev–Trinajstić information content (AvgIpc) is 3.22. The van der Waals surface area contributed by atoms with E-state index in [9.17, 15) is 5.26 Å². The van der Waals surface area contributed by atoms with Gasteiger partial charge in [-0.25, -0.2) is 4.98 Å². The van der Waals surface area contributed by atoms with Crippen molar-refractivity contribution >= 4 is 23.0 Å². The summed E-state index contributed by atoms with van der Waals surface area (Å²) in [5.74, 6) is 2.14. The fourth-order valence-corrected chi connectivity index (χ4v) is 3.42. The summed E-state index contributed by atoms with van der Waals surface area (Å²) in [6.07, 6.45) is 2.81. The number of aryl methyl sites for hydroxylation is 1. The number of nitriles is 1. The molecule has 0 fully saturated rings. The van der Waals surface area contributed by atoms with Crippen LogP contribution in [0.5, 0.6) is 0 Å². The molecule has 0 unspecified atom stereocenters. The zero-order valence-corrected chi connectivity index (χ0v) is 15.4. The number of hydrogen-bond acceptors (Lipinski definition) is 4. The summed E-state index contributed by atoms with van der Waals surface area (Å²) < 4.78 is 5.52. The van der Waals surface area contributed by atoms with Crippen molar-refractivity contribution in [3.05, 3.63) is 63.9 Å². The molecular weight excluding hydrogens is 328 g/mol. The Hall–Kier alpha value is -2.64. The molecule has 126 valence electrons. The molecule has 3 aromatic rings. The van der Waals surface area contributed by atoms with Gasteiger partial charge in [0.15, 0.2) is 0 Å². The van der Waals surface area contributed by atoms with Gasteiger partial charge in [-0.1, -0.05) is 38.1 Å². The Bertz CT molecular complexity index is 923. The normalized spacial score (nSPS) is 11.7. The van der Waals surface area contributed by atoms with E-state index in [1.54, 1.807) is 6.08 Å². The first-order valence-electron chi connectivity index (χ1n) is 8.28. The van der Waals surface area contributed by atoms with Gasteiger partial charge in [0.1, 0.15) is 22.6 Å². The van der Waals surface area contributed by atoms with E-state index in [-0.39, 0.29) is 0 Å². The fraction of sp³-hybridized carbons (Fsp3) is 0.238. The highest BCUT2D eigenvalue weighted by molar-refractivity contribution is 7.11. The summed E-state index contributed by atoms with van der Waals surface area (Å²) in [4.78, 5) is 4.63. The first kappa shape index (κ1) is 17.2. The van der Waals surface area contributed by atoms with Gasteiger partial charge in [-0.3, -0.25) is 0 Å². The summed E-state index contributed by atoms with van der Waals surface area (Å²) in [7, 11) is 0. The van der Waals surface area contributed by atoms with Gasteiger partial charge < -0.3 is 4.42 Å². The molecule has 0 bridgehead atoms. The number of thiazole rings is 1. The molecule has 0 radical (unpaired) electrons. The number of aromatic nitrogens is 1. The molecule has 0 N–H and O–H groups in total. The van der Waals surface area contributed by atoms with E-state index in [4.69, 9.17) is 4.42 Å². The van der Waals surface area contributed by atoms with Gasteiger partial charge >= 0.3 is 0 Å². The molecular formula is C21H20N2OS. The minimum atomic E-state index is 0.516. The second-order valence-corrected chi connectivity index (χ2v) is 7.31. The number of furan rings is 1. The van der Waals surface area contributed by atoms with Gasteiger partial charge in [0.05, 0.1) is 11.3 Å². The Morgan fingerprint density at radius 2 is 2.00 bits per heavy atom. The van der Waals surface area contributed by atoms with Crippen molar-refractivity contribution < 1.29 is 4.42 Å². The number of benzene rings is 1. The molecule has 0 saturated carbocycles. The van der Waals surface area contributed by atoms with Crippen LogP contribution in [0.25, 0.3) is 22.9 Å². The lowest BCUT2D eigenvalue weighted by molar-refractivity contribution is 0.525. The molecule has 25 heavy (non-hydrogen) atoms. The predicted molar refractivity (Wildman–Crippen MR) is 103 cm³/mol. The van der Waals surface area contributed by atoms with E-state index >= 15 is 0 Å². The number of nitrogens with zero attached hydrogens (tertiary/aromatic N) is 2. The summed E-state index contributed by atoms with van der Waals surface area (Å²) >= 11 is 1.47. The van der Waals surface area contributed by atoms with Crippen LogP contribution in [0.4, 0.5) is 0 Å². The van der Waals surface area contributed by atoms with Gasteiger partial charge in [0.25, 0.3) is 0 Å². The largest absolute Gasteiger partial charge is 0.462 e. The van der Waals surface area contributed by atoms with Crippen molar-refractivity contribution in [3.63, 3.8) is 0 Å². The summed E-state index contributed by atoms with van der Waals surface area (Å²) in [5, 5.41) is 12.2. The third-order valence-corrected chi connectivity index (χ3v) is 4.67. The van der Waals surface area contributed by atoms with Crippen LogP contribution in [0.15, 0.2) is 46.2 Å². The van der Waals surface area contributed by atoms with Gasteiger partial charge in [0.2, 0.25) is 0 Å². The van der Waals surface area contributed by atoms with Crippen LogP contribution in [0, 0.1) is 24.2 Å². The molecule has 0 amide bonds. The van der Waals surface area contributed by atoms with Crippen LogP contribution < -0.4 is 0 Å². The Kier molecular flexibility index (Phi) is 5.16. The molecule has 3 rings (SSSR count). The van der Waals surface area contributed by atoms with Gasteiger partial charge in [-0.05, 0) is 37.0 Å². The molecule has 1 aromatic carbocycles. The Morgan fingerprint density at radius 1 is 1.24 bits per heavy atom. The monoisotopic (exact) mass is 348 g/mol. The van der Waals surface area contributed by atoms with Crippen LogP contribution in [-0.2, 0) is 6.42 Å². The van der Waals surface area contributed by atoms with Crippen molar-refractivity contribution in [2.75, 3.05) is 0 Å². The van der Waals surface area contributed by atoms with Crippen LogP contribution in [-0.4, -0.2) is 4.98 Å². The summed E-state index contributed by atoms with van der Waals surface area (Å²) in [6.45, 7) is 6.32. The Balaban J connectivity index is 1.84. The van der Waals surface area contributed by atoms with Crippen LogP contribution in [0.1, 0.15) is 35.9 Å². The molecule has 2 aromatic heterocycles. The van der Waals surface area contributed by atoms with Gasteiger partial charge in [-0.2, -0.15) is 5.26 Å². The van der Waals surface area contributed by atoms with E-state index in [0.717, 1.165) is 23.4 Å². The smallest absolute Gasteiger partial charge is 0.134 e. The number of hydrogen-bond donors (Lipinski definition) is 0. The minimum Gasteiger partial charge on any atom is -0.462 e. The lowest BCUT2D eigenvalue weighted by atomic mass is 10.0. The minimum absolute atomic E-state index is 0.516. The van der Waals surface area contributed by atoms with E-state index in [1.165, 1.54) is 16.9 Å². The Labute approximate surface area is 152 Å². The highest BCUT2D eigenvalue weighted by Crippen LogP contribution is 2.28. The second kappa shape index (κ2) is 7.50. The topological polar surface area (TPSA) is 49.8 Å². The van der Waals surface area contributed by atoms with E-state index < -0.39 is 0 Å². The first-order chi connectivity index (χ1) is 12.0.